The van der Waals surface area contributed by atoms with Gasteiger partial charge < -0.3 is 19.5 Å². The van der Waals surface area contributed by atoms with Gasteiger partial charge in [0.05, 0.1) is 6.54 Å². The number of carbonyl (C=O) groups excluding carboxylic acids is 1. The van der Waals surface area contributed by atoms with Crippen LogP contribution in [-0.2, 0) is 4.79 Å². The molecule has 132 valence electrons. The van der Waals surface area contributed by atoms with Gasteiger partial charge in [-0.1, -0.05) is 12.6 Å². The molecule has 0 fully saturated rings. The SMILES string of the molecule is C=CC(=O)N(C)CCOc1cccc(N(C)c2cc(Br)c[nH]c2=O)n1. The van der Waals surface area contributed by atoms with Gasteiger partial charge in [0.15, 0.2) is 0 Å². The van der Waals surface area contributed by atoms with Crippen LogP contribution in [0.15, 0.2) is 52.4 Å². The van der Waals surface area contributed by atoms with Gasteiger partial charge in [-0.05, 0) is 34.1 Å². The molecule has 1 amide bonds. The van der Waals surface area contributed by atoms with Crippen molar-refractivity contribution in [2.24, 2.45) is 0 Å². The van der Waals surface area contributed by atoms with E-state index in [1.165, 1.54) is 11.0 Å². The molecule has 2 aromatic rings. The molecule has 0 aliphatic carbocycles. The van der Waals surface area contributed by atoms with Crippen LogP contribution in [-0.4, -0.2) is 48.0 Å². The lowest BCUT2D eigenvalue weighted by Gasteiger charge is -2.19. The maximum atomic E-state index is 12.0. The Morgan fingerprint density at radius 1 is 1.44 bits per heavy atom. The summed E-state index contributed by atoms with van der Waals surface area (Å²) >= 11 is 3.34. The minimum absolute atomic E-state index is 0.168. The summed E-state index contributed by atoms with van der Waals surface area (Å²) in [5.74, 6) is 0.811. The summed E-state index contributed by atoms with van der Waals surface area (Å²) in [6, 6.07) is 7.00. The van der Waals surface area contributed by atoms with Crippen LogP contribution in [0.3, 0.4) is 0 Å². The quantitative estimate of drug-likeness (QED) is 0.713. The van der Waals surface area contributed by atoms with E-state index < -0.39 is 0 Å². The number of rotatable bonds is 7. The number of nitrogens with zero attached hydrogens (tertiary/aromatic N) is 3. The van der Waals surface area contributed by atoms with E-state index in [0.29, 0.717) is 30.5 Å². The third-order valence-electron chi connectivity index (χ3n) is 3.49. The first-order valence-corrected chi connectivity index (χ1v) is 8.31. The lowest BCUT2D eigenvalue weighted by atomic mass is 10.3. The molecule has 1 N–H and O–H groups in total. The highest BCUT2D eigenvalue weighted by atomic mass is 79.9. The van der Waals surface area contributed by atoms with Crippen LogP contribution >= 0.6 is 15.9 Å². The molecule has 0 unspecified atom stereocenters. The summed E-state index contributed by atoms with van der Waals surface area (Å²) in [6.07, 6.45) is 2.83. The van der Waals surface area contributed by atoms with Crippen molar-refractivity contribution in [3.63, 3.8) is 0 Å². The minimum Gasteiger partial charge on any atom is -0.476 e. The van der Waals surface area contributed by atoms with Crippen LogP contribution in [0.25, 0.3) is 0 Å². The first-order valence-electron chi connectivity index (χ1n) is 7.51. The summed E-state index contributed by atoms with van der Waals surface area (Å²) in [4.78, 5) is 33.6. The molecule has 0 saturated heterocycles. The number of ether oxygens (including phenoxy) is 1. The van der Waals surface area contributed by atoms with Crippen molar-refractivity contribution in [3.8, 4) is 5.88 Å². The Hall–Kier alpha value is -2.61. The molecule has 0 aliphatic rings. The maximum Gasteiger partial charge on any atom is 0.271 e. The summed E-state index contributed by atoms with van der Waals surface area (Å²) < 4.78 is 6.35. The standard InChI is InChI=1S/C17H19BrN4O3/c1-4-16(23)21(2)8-9-25-15-7-5-6-14(20-15)22(3)13-10-12(18)11-19-17(13)24/h4-7,10-11H,1,8-9H2,2-3H3,(H,19,24). The number of amides is 1. The monoisotopic (exact) mass is 406 g/mol. The third kappa shape index (κ3) is 4.93. The Labute approximate surface area is 154 Å². The van der Waals surface area contributed by atoms with Crippen LogP contribution in [0.2, 0.25) is 0 Å². The van der Waals surface area contributed by atoms with Gasteiger partial charge >= 0.3 is 0 Å². The summed E-state index contributed by atoms with van der Waals surface area (Å²) in [5.41, 5.74) is 0.235. The zero-order chi connectivity index (χ0) is 18.4. The second-order valence-electron chi connectivity index (χ2n) is 5.24. The van der Waals surface area contributed by atoms with E-state index in [-0.39, 0.29) is 11.5 Å². The van der Waals surface area contributed by atoms with Gasteiger partial charge in [-0.25, -0.2) is 0 Å². The number of pyridine rings is 2. The van der Waals surface area contributed by atoms with E-state index in [1.807, 2.05) is 0 Å². The van der Waals surface area contributed by atoms with E-state index in [9.17, 15) is 9.59 Å². The molecule has 0 atom stereocenters. The number of nitrogens with one attached hydrogen (secondary N) is 1. The highest BCUT2D eigenvalue weighted by molar-refractivity contribution is 9.10. The summed E-state index contributed by atoms with van der Waals surface area (Å²) in [7, 11) is 3.42. The number of likely N-dealkylation sites (N-methyl/N-ethyl adjacent to an activating group) is 1. The van der Waals surface area contributed by atoms with E-state index >= 15 is 0 Å². The van der Waals surface area contributed by atoms with Gasteiger partial charge in [0.1, 0.15) is 18.1 Å². The highest BCUT2D eigenvalue weighted by Crippen LogP contribution is 2.22. The Bertz CT molecular complexity index is 822. The molecule has 25 heavy (non-hydrogen) atoms. The number of hydrogen-bond acceptors (Lipinski definition) is 5. The van der Waals surface area contributed by atoms with Crippen LogP contribution in [0.5, 0.6) is 5.88 Å². The second-order valence-corrected chi connectivity index (χ2v) is 6.15. The molecule has 0 aromatic carbocycles. The predicted octanol–water partition coefficient (Wildman–Crippen LogP) is 2.32. The number of carbonyl (C=O) groups is 1. The summed E-state index contributed by atoms with van der Waals surface area (Å²) in [5, 5.41) is 0. The Kier molecular flexibility index (Phi) is 6.35. The smallest absolute Gasteiger partial charge is 0.271 e. The highest BCUT2D eigenvalue weighted by Gasteiger charge is 2.11. The molecule has 0 saturated carbocycles. The first-order chi connectivity index (χ1) is 11.9. The Balaban J connectivity index is 2.08. The third-order valence-corrected chi connectivity index (χ3v) is 3.95. The molecule has 2 aromatic heterocycles. The Morgan fingerprint density at radius 2 is 2.20 bits per heavy atom. The van der Waals surface area contributed by atoms with Crippen LogP contribution < -0.4 is 15.2 Å². The molecule has 0 radical (unpaired) electrons. The Morgan fingerprint density at radius 3 is 2.92 bits per heavy atom. The molecule has 7 nitrogen and oxygen atoms in total. The van der Waals surface area contributed by atoms with E-state index in [0.717, 1.165) is 4.47 Å². The fourth-order valence-electron chi connectivity index (χ4n) is 2.04. The molecular formula is C17H19BrN4O3. The fourth-order valence-corrected chi connectivity index (χ4v) is 2.37. The lowest BCUT2D eigenvalue weighted by Crippen LogP contribution is -2.29. The predicted molar refractivity (Wildman–Crippen MR) is 100 cm³/mol. The van der Waals surface area contributed by atoms with Crippen LogP contribution in [0.4, 0.5) is 11.5 Å². The maximum absolute atomic E-state index is 12.0. The number of aromatic amines is 1. The number of hydrogen-bond donors (Lipinski definition) is 1. The number of H-pyrrole nitrogens is 1. The molecule has 0 bridgehead atoms. The number of halogens is 1. The lowest BCUT2D eigenvalue weighted by molar-refractivity contribution is -0.125. The van der Waals surface area contributed by atoms with Crippen LogP contribution in [0, 0.1) is 0 Å². The minimum atomic E-state index is -0.219. The average Bonchev–Trinajstić information content (AvgIpc) is 2.62. The van der Waals surface area contributed by atoms with Gasteiger partial charge in [-0.2, -0.15) is 4.98 Å². The largest absolute Gasteiger partial charge is 0.476 e. The van der Waals surface area contributed by atoms with E-state index in [2.05, 4.69) is 32.5 Å². The zero-order valence-corrected chi connectivity index (χ0v) is 15.6. The number of aromatic nitrogens is 2. The van der Waals surface area contributed by atoms with Crippen molar-refractivity contribution in [2.75, 3.05) is 32.1 Å². The molecule has 2 rings (SSSR count). The van der Waals surface area contributed by atoms with Crippen molar-refractivity contribution in [2.45, 2.75) is 0 Å². The van der Waals surface area contributed by atoms with Gasteiger partial charge in [0.2, 0.25) is 11.8 Å². The van der Waals surface area contributed by atoms with E-state index in [1.54, 1.807) is 49.5 Å². The van der Waals surface area contributed by atoms with Gasteiger partial charge in [-0.15, -0.1) is 0 Å². The second kappa shape index (κ2) is 8.48. The molecule has 0 spiro atoms. The topological polar surface area (TPSA) is 78.5 Å². The molecule has 0 aliphatic heterocycles. The van der Waals surface area contributed by atoms with E-state index in [4.69, 9.17) is 4.74 Å². The normalized spacial score (nSPS) is 10.2. The van der Waals surface area contributed by atoms with Crippen molar-refractivity contribution in [1.82, 2.24) is 14.9 Å². The van der Waals surface area contributed by atoms with Crippen molar-refractivity contribution in [1.29, 1.82) is 0 Å². The van der Waals surface area contributed by atoms with Gasteiger partial charge in [-0.3, -0.25) is 9.59 Å². The van der Waals surface area contributed by atoms with Crippen molar-refractivity contribution >= 4 is 33.3 Å². The van der Waals surface area contributed by atoms with Gasteiger partial charge in [0.25, 0.3) is 5.56 Å². The van der Waals surface area contributed by atoms with Crippen molar-refractivity contribution < 1.29 is 9.53 Å². The molecular weight excluding hydrogens is 388 g/mol. The van der Waals surface area contributed by atoms with Crippen LogP contribution in [0.1, 0.15) is 0 Å². The fraction of sp³-hybridized carbons (Fsp3) is 0.235. The molecule has 2 heterocycles. The average molecular weight is 407 g/mol. The summed E-state index contributed by atoms with van der Waals surface area (Å²) in [6.45, 7) is 4.15. The number of anilines is 2. The van der Waals surface area contributed by atoms with Gasteiger partial charge in [0, 0.05) is 30.8 Å². The zero-order valence-electron chi connectivity index (χ0n) is 14.0. The van der Waals surface area contributed by atoms with Crippen molar-refractivity contribution in [3.05, 3.63) is 57.9 Å². The first kappa shape index (κ1) is 18.7. The molecule has 8 heteroatoms.